The highest BCUT2D eigenvalue weighted by molar-refractivity contribution is 14.0. The molecule has 1 aliphatic rings. The van der Waals surface area contributed by atoms with E-state index in [4.69, 9.17) is 14.7 Å². The Morgan fingerprint density at radius 2 is 2.14 bits per heavy atom. The Hall–Kier alpha value is -1.23. The van der Waals surface area contributed by atoms with Gasteiger partial charge in [-0.05, 0) is 19.8 Å². The zero-order valence-electron chi connectivity index (χ0n) is 16.9. The molecule has 0 saturated carbocycles. The molecule has 2 heterocycles. The van der Waals surface area contributed by atoms with E-state index in [0.29, 0.717) is 13.2 Å². The van der Waals surface area contributed by atoms with Gasteiger partial charge in [0.15, 0.2) is 5.96 Å². The first-order valence-electron chi connectivity index (χ1n) is 9.95. The Morgan fingerprint density at radius 1 is 1.31 bits per heavy atom. The largest absolute Gasteiger partial charge is 0.396 e. The highest BCUT2D eigenvalue weighted by atomic mass is 127. The van der Waals surface area contributed by atoms with E-state index in [-0.39, 0.29) is 36.0 Å². The van der Waals surface area contributed by atoms with Crippen LogP contribution in [-0.2, 0) is 11.2 Å². The van der Waals surface area contributed by atoms with Crippen molar-refractivity contribution in [3.63, 3.8) is 0 Å². The van der Waals surface area contributed by atoms with Crippen molar-refractivity contribution in [1.29, 1.82) is 0 Å². The lowest BCUT2D eigenvalue weighted by Crippen LogP contribution is -2.39. The van der Waals surface area contributed by atoms with E-state index >= 15 is 0 Å². The summed E-state index contributed by atoms with van der Waals surface area (Å²) in [4.78, 5) is 9.50. The number of guanidine groups is 1. The van der Waals surface area contributed by atoms with Crippen molar-refractivity contribution in [3.8, 4) is 10.6 Å². The molecule has 8 heteroatoms. The van der Waals surface area contributed by atoms with Gasteiger partial charge in [-0.3, -0.25) is 4.99 Å². The number of benzene rings is 1. The monoisotopic (exact) mass is 530 g/mol. The maximum atomic E-state index is 9.37. The summed E-state index contributed by atoms with van der Waals surface area (Å²) in [6, 6.07) is 10.3. The maximum Gasteiger partial charge on any atom is 0.191 e. The van der Waals surface area contributed by atoms with Gasteiger partial charge in [-0.15, -0.1) is 35.3 Å². The minimum Gasteiger partial charge on any atom is -0.396 e. The molecule has 1 saturated heterocycles. The lowest BCUT2D eigenvalue weighted by Gasteiger charge is -2.24. The maximum absolute atomic E-state index is 9.37. The fourth-order valence-corrected chi connectivity index (χ4v) is 4.18. The molecule has 0 amide bonds. The second-order valence-corrected chi connectivity index (χ2v) is 8.02. The van der Waals surface area contributed by atoms with Gasteiger partial charge in [0.1, 0.15) is 5.01 Å². The van der Waals surface area contributed by atoms with Crippen molar-refractivity contribution in [3.05, 3.63) is 41.4 Å². The summed E-state index contributed by atoms with van der Waals surface area (Å²) >= 11 is 1.68. The Bertz CT molecular complexity index is 748. The fourth-order valence-electron chi connectivity index (χ4n) is 3.32. The SMILES string of the molecule is CCNC(=NCC1(CCO)CCOC1)NCCc1csc(-c2ccccc2)n1.I. The van der Waals surface area contributed by atoms with Crippen LogP contribution < -0.4 is 10.6 Å². The molecular formula is C21H31IN4O2S. The number of aliphatic hydroxyl groups excluding tert-OH is 1. The number of thiazole rings is 1. The minimum absolute atomic E-state index is 0. The van der Waals surface area contributed by atoms with Crippen molar-refractivity contribution in [2.75, 3.05) is 39.5 Å². The predicted molar refractivity (Wildman–Crippen MR) is 130 cm³/mol. The first kappa shape index (κ1) is 24.0. The van der Waals surface area contributed by atoms with Gasteiger partial charge in [0.05, 0.1) is 18.8 Å². The van der Waals surface area contributed by atoms with Gasteiger partial charge in [0, 0.05) is 49.1 Å². The second-order valence-electron chi connectivity index (χ2n) is 7.16. The van der Waals surface area contributed by atoms with Crippen LogP contribution in [0.25, 0.3) is 10.6 Å². The molecule has 1 aliphatic heterocycles. The third-order valence-electron chi connectivity index (χ3n) is 4.99. The minimum atomic E-state index is -0.0312. The van der Waals surface area contributed by atoms with Crippen LogP contribution in [0.5, 0.6) is 0 Å². The zero-order chi connectivity index (χ0) is 19.7. The summed E-state index contributed by atoms with van der Waals surface area (Å²) in [5.74, 6) is 0.810. The quantitative estimate of drug-likeness (QED) is 0.264. The van der Waals surface area contributed by atoms with Crippen molar-refractivity contribution >= 4 is 41.3 Å². The Labute approximate surface area is 194 Å². The van der Waals surface area contributed by atoms with Crippen LogP contribution in [0.4, 0.5) is 0 Å². The van der Waals surface area contributed by atoms with E-state index in [0.717, 1.165) is 61.2 Å². The van der Waals surface area contributed by atoms with Crippen LogP contribution in [0.2, 0.25) is 0 Å². The molecular weight excluding hydrogens is 499 g/mol. The van der Waals surface area contributed by atoms with Crippen molar-refractivity contribution < 1.29 is 9.84 Å². The summed E-state index contributed by atoms with van der Waals surface area (Å²) in [5.41, 5.74) is 2.22. The summed E-state index contributed by atoms with van der Waals surface area (Å²) in [6.45, 7) is 5.92. The van der Waals surface area contributed by atoms with Gasteiger partial charge in [-0.2, -0.15) is 0 Å². The number of aliphatic imine (C=N–C) groups is 1. The highest BCUT2D eigenvalue weighted by Gasteiger charge is 2.34. The van der Waals surface area contributed by atoms with Crippen LogP contribution in [0, 0.1) is 5.41 Å². The normalized spacial score (nSPS) is 19.0. The number of nitrogens with one attached hydrogen (secondary N) is 2. The van der Waals surface area contributed by atoms with Gasteiger partial charge in [0.25, 0.3) is 0 Å². The molecule has 160 valence electrons. The molecule has 1 atom stereocenters. The zero-order valence-corrected chi connectivity index (χ0v) is 20.0. The first-order valence-corrected chi connectivity index (χ1v) is 10.8. The Morgan fingerprint density at radius 3 is 2.83 bits per heavy atom. The lowest BCUT2D eigenvalue weighted by atomic mass is 9.84. The van der Waals surface area contributed by atoms with Crippen molar-refractivity contribution in [2.45, 2.75) is 26.2 Å². The number of ether oxygens (including phenoxy) is 1. The summed E-state index contributed by atoms with van der Waals surface area (Å²) in [7, 11) is 0. The molecule has 0 spiro atoms. The molecule has 0 bridgehead atoms. The highest BCUT2D eigenvalue weighted by Crippen LogP contribution is 2.32. The number of halogens is 1. The standard InChI is InChI=1S/C21H30N4O2S.HI/c1-2-22-20(24-15-21(9-12-26)10-13-27-16-21)23-11-8-18-14-28-19(25-18)17-6-4-3-5-7-17;/h3-7,14,26H,2,8-13,15-16H2,1H3,(H2,22,23,24);1H. The Kier molecular flexibility index (Phi) is 10.3. The summed E-state index contributed by atoms with van der Waals surface area (Å²) < 4.78 is 5.55. The van der Waals surface area contributed by atoms with E-state index in [9.17, 15) is 5.11 Å². The van der Waals surface area contributed by atoms with E-state index in [2.05, 4.69) is 35.1 Å². The summed E-state index contributed by atoms with van der Waals surface area (Å²) in [6.07, 6.45) is 2.53. The molecule has 3 N–H and O–H groups in total. The predicted octanol–water partition coefficient (Wildman–Crippen LogP) is 3.31. The molecule has 2 aromatic rings. The molecule has 0 radical (unpaired) electrons. The van der Waals surface area contributed by atoms with Gasteiger partial charge in [-0.1, -0.05) is 30.3 Å². The third-order valence-corrected chi connectivity index (χ3v) is 5.93. The lowest BCUT2D eigenvalue weighted by molar-refractivity contribution is 0.131. The van der Waals surface area contributed by atoms with E-state index in [1.807, 2.05) is 18.2 Å². The molecule has 3 rings (SSSR count). The van der Waals surface area contributed by atoms with Crippen LogP contribution in [0.3, 0.4) is 0 Å². The second kappa shape index (κ2) is 12.5. The molecule has 1 unspecified atom stereocenters. The van der Waals surface area contributed by atoms with Crippen molar-refractivity contribution in [2.24, 2.45) is 10.4 Å². The average Bonchev–Trinajstić information content (AvgIpc) is 3.37. The van der Waals surface area contributed by atoms with E-state index in [1.54, 1.807) is 11.3 Å². The smallest absolute Gasteiger partial charge is 0.191 e. The number of nitrogens with zero attached hydrogens (tertiary/aromatic N) is 2. The number of aliphatic hydroxyl groups is 1. The third kappa shape index (κ3) is 7.20. The number of aromatic nitrogens is 1. The van der Waals surface area contributed by atoms with E-state index < -0.39 is 0 Å². The number of hydrogen-bond donors (Lipinski definition) is 3. The van der Waals surface area contributed by atoms with Crippen LogP contribution in [0.1, 0.15) is 25.5 Å². The summed E-state index contributed by atoms with van der Waals surface area (Å²) in [5, 5.41) is 19.3. The topological polar surface area (TPSA) is 78.8 Å². The van der Waals surface area contributed by atoms with Crippen LogP contribution >= 0.6 is 35.3 Å². The molecule has 6 nitrogen and oxygen atoms in total. The van der Waals surface area contributed by atoms with Crippen LogP contribution in [0.15, 0.2) is 40.7 Å². The van der Waals surface area contributed by atoms with Crippen molar-refractivity contribution in [1.82, 2.24) is 15.6 Å². The van der Waals surface area contributed by atoms with Gasteiger partial charge >= 0.3 is 0 Å². The molecule has 29 heavy (non-hydrogen) atoms. The fraction of sp³-hybridized carbons (Fsp3) is 0.524. The molecule has 1 aromatic heterocycles. The average molecular weight is 530 g/mol. The van der Waals surface area contributed by atoms with Crippen LogP contribution in [-0.4, -0.2) is 55.5 Å². The number of rotatable bonds is 9. The van der Waals surface area contributed by atoms with Gasteiger partial charge < -0.3 is 20.5 Å². The number of hydrogen-bond acceptors (Lipinski definition) is 5. The first-order chi connectivity index (χ1) is 13.7. The van der Waals surface area contributed by atoms with Gasteiger partial charge in [-0.25, -0.2) is 4.98 Å². The molecule has 0 aliphatic carbocycles. The van der Waals surface area contributed by atoms with Gasteiger partial charge in [0.2, 0.25) is 0 Å². The molecule has 1 aromatic carbocycles. The molecule has 1 fully saturated rings. The van der Waals surface area contributed by atoms with E-state index in [1.165, 1.54) is 0 Å². The Balaban J connectivity index is 0.00000300.